The summed E-state index contributed by atoms with van der Waals surface area (Å²) in [6.07, 6.45) is 3.47. The molecule has 1 aliphatic carbocycles. The Bertz CT molecular complexity index is 1340. The highest BCUT2D eigenvalue weighted by molar-refractivity contribution is 5.79. The Hall–Kier alpha value is -3.62. The van der Waals surface area contributed by atoms with Gasteiger partial charge in [-0.2, -0.15) is 5.26 Å². The zero-order valence-corrected chi connectivity index (χ0v) is 21.4. The van der Waals surface area contributed by atoms with Crippen LogP contribution in [0.1, 0.15) is 71.4 Å². The number of rotatable bonds is 3. The number of carbonyl (C=O) groups excluding carboxylic acids is 1. The fraction of sp³-hybridized carbons (Fsp3) is 0.375. The van der Waals surface area contributed by atoms with Gasteiger partial charge in [-0.3, -0.25) is 0 Å². The van der Waals surface area contributed by atoms with Gasteiger partial charge in [-0.15, -0.1) is 0 Å². The summed E-state index contributed by atoms with van der Waals surface area (Å²) >= 11 is 0. The maximum absolute atomic E-state index is 13.5. The van der Waals surface area contributed by atoms with E-state index in [2.05, 4.69) is 42.5 Å². The number of aliphatic hydroxyl groups is 1. The van der Waals surface area contributed by atoms with E-state index >= 15 is 0 Å². The molecule has 6 rings (SSSR count). The van der Waals surface area contributed by atoms with Crippen molar-refractivity contribution < 1.29 is 14.6 Å². The third kappa shape index (κ3) is 3.91. The normalized spacial score (nSPS) is 24.2. The maximum Gasteiger partial charge on any atom is 0.410 e. The second-order valence-electron chi connectivity index (χ2n) is 11.0. The van der Waals surface area contributed by atoms with Gasteiger partial charge in [-0.1, -0.05) is 48.5 Å². The number of nitrogens with zero attached hydrogens (tertiary/aromatic N) is 2. The van der Waals surface area contributed by atoms with Crippen LogP contribution >= 0.6 is 0 Å². The molecule has 1 amide bonds. The quantitative estimate of drug-likeness (QED) is 0.464. The molecule has 188 valence electrons. The lowest BCUT2D eigenvalue weighted by molar-refractivity contribution is -0.0896. The zero-order chi connectivity index (χ0) is 25.7. The predicted molar refractivity (Wildman–Crippen MR) is 142 cm³/mol. The fourth-order valence-corrected chi connectivity index (χ4v) is 7.36. The Morgan fingerprint density at radius 1 is 1.00 bits per heavy atom. The van der Waals surface area contributed by atoms with Gasteiger partial charge in [0.1, 0.15) is 6.61 Å². The van der Waals surface area contributed by atoms with Crippen molar-refractivity contribution in [3.05, 3.63) is 94.0 Å². The molecule has 2 saturated heterocycles. The fourth-order valence-electron chi connectivity index (χ4n) is 7.36. The number of amides is 1. The maximum atomic E-state index is 13.5. The lowest BCUT2D eigenvalue weighted by Crippen LogP contribution is -2.59. The molecule has 5 heteroatoms. The molecular weight excluding hydrogens is 460 g/mol. The number of aryl methyl sites for hydroxylation is 2. The van der Waals surface area contributed by atoms with Crippen LogP contribution in [0.2, 0.25) is 0 Å². The van der Waals surface area contributed by atoms with Crippen molar-refractivity contribution in [3.63, 3.8) is 0 Å². The van der Waals surface area contributed by atoms with Gasteiger partial charge in [0.2, 0.25) is 0 Å². The number of benzene rings is 3. The molecule has 5 nitrogen and oxygen atoms in total. The van der Waals surface area contributed by atoms with E-state index in [0.717, 1.165) is 36.0 Å². The van der Waals surface area contributed by atoms with Crippen molar-refractivity contribution >= 4 is 6.09 Å². The third-order valence-electron chi connectivity index (χ3n) is 8.68. The van der Waals surface area contributed by atoms with Crippen molar-refractivity contribution in [3.8, 4) is 17.2 Å². The van der Waals surface area contributed by atoms with Crippen molar-refractivity contribution in [2.75, 3.05) is 6.61 Å². The smallest absolute Gasteiger partial charge is 0.410 e. The summed E-state index contributed by atoms with van der Waals surface area (Å²) in [6, 6.07) is 22.5. The molecule has 37 heavy (non-hydrogen) atoms. The summed E-state index contributed by atoms with van der Waals surface area (Å²) in [7, 11) is 0. The molecule has 2 aliphatic heterocycles. The van der Waals surface area contributed by atoms with E-state index in [-0.39, 0.29) is 24.1 Å². The molecule has 0 radical (unpaired) electrons. The lowest BCUT2D eigenvalue weighted by atomic mass is 9.70. The van der Waals surface area contributed by atoms with E-state index in [1.165, 1.54) is 22.3 Å². The predicted octanol–water partition coefficient (Wildman–Crippen LogP) is 6.33. The standard InChI is InChI=1S/C32H32N2O3/c1-20-14-22(18-33)15-21(2)30(20)32(36)16-23-8-7-9-24(17-32)34(23)31(35)37-19-29-27-12-5-3-10-25(27)26-11-4-6-13-28(26)29/h3-6,10-15,23-24,29,36H,7-9,16-17,19H2,1-2H3. The summed E-state index contributed by atoms with van der Waals surface area (Å²) < 4.78 is 6.04. The SMILES string of the molecule is Cc1cc(C#N)cc(C)c1C1(O)CC2CCCC(C1)N2C(=O)OCC1c2ccccc2-c2ccccc21. The van der Waals surface area contributed by atoms with Crippen LogP contribution in [0.5, 0.6) is 0 Å². The first-order valence-electron chi connectivity index (χ1n) is 13.3. The number of fused-ring (bicyclic) bond motifs is 5. The van der Waals surface area contributed by atoms with Crippen LogP contribution in [0.25, 0.3) is 11.1 Å². The van der Waals surface area contributed by atoms with E-state index < -0.39 is 5.60 Å². The Morgan fingerprint density at radius 3 is 2.08 bits per heavy atom. The minimum absolute atomic E-state index is 0.0295. The van der Waals surface area contributed by atoms with Gasteiger partial charge in [0.25, 0.3) is 0 Å². The Kier molecular flexibility index (Phi) is 5.81. The second-order valence-corrected chi connectivity index (χ2v) is 11.0. The largest absolute Gasteiger partial charge is 0.448 e. The molecule has 2 atom stereocenters. The van der Waals surface area contributed by atoms with E-state index in [0.29, 0.717) is 25.0 Å². The minimum Gasteiger partial charge on any atom is -0.448 e. The molecule has 0 saturated carbocycles. The summed E-state index contributed by atoms with van der Waals surface area (Å²) in [5.41, 5.74) is 7.22. The number of piperidine rings is 2. The molecular formula is C32H32N2O3. The van der Waals surface area contributed by atoms with Crippen LogP contribution in [0.3, 0.4) is 0 Å². The van der Waals surface area contributed by atoms with Crippen LogP contribution in [-0.4, -0.2) is 34.8 Å². The van der Waals surface area contributed by atoms with Crippen molar-refractivity contribution in [2.24, 2.45) is 0 Å². The average molecular weight is 493 g/mol. The first-order chi connectivity index (χ1) is 17.9. The monoisotopic (exact) mass is 492 g/mol. The molecule has 0 aromatic heterocycles. The highest BCUT2D eigenvalue weighted by Crippen LogP contribution is 2.47. The third-order valence-corrected chi connectivity index (χ3v) is 8.68. The zero-order valence-electron chi connectivity index (χ0n) is 21.4. The van der Waals surface area contributed by atoms with Crippen LogP contribution in [0.15, 0.2) is 60.7 Å². The van der Waals surface area contributed by atoms with E-state index in [1.807, 2.05) is 43.0 Å². The topological polar surface area (TPSA) is 73.6 Å². The lowest BCUT2D eigenvalue weighted by Gasteiger charge is -2.52. The Morgan fingerprint density at radius 2 is 1.54 bits per heavy atom. The Labute approximate surface area is 218 Å². The molecule has 2 bridgehead atoms. The van der Waals surface area contributed by atoms with Crippen molar-refractivity contribution in [1.29, 1.82) is 5.26 Å². The molecule has 0 spiro atoms. The number of ether oxygens (including phenoxy) is 1. The van der Waals surface area contributed by atoms with Crippen LogP contribution < -0.4 is 0 Å². The molecule has 2 fully saturated rings. The van der Waals surface area contributed by atoms with E-state index in [9.17, 15) is 15.2 Å². The van der Waals surface area contributed by atoms with Gasteiger partial charge in [0, 0.05) is 30.8 Å². The highest BCUT2D eigenvalue weighted by Gasteiger charge is 2.49. The van der Waals surface area contributed by atoms with E-state index in [1.54, 1.807) is 0 Å². The van der Waals surface area contributed by atoms with Gasteiger partial charge >= 0.3 is 6.09 Å². The molecule has 1 N–H and O–H groups in total. The van der Waals surface area contributed by atoms with Gasteiger partial charge in [-0.05, 0) is 84.2 Å². The molecule has 3 aliphatic rings. The second kappa shape index (κ2) is 9.04. The Balaban J connectivity index is 1.22. The van der Waals surface area contributed by atoms with Gasteiger partial charge in [0.05, 0.1) is 17.2 Å². The molecule has 3 aromatic carbocycles. The number of nitriles is 1. The molecule has 2 unspecified atom stereocenters. The van der Waals surface area contributed by atoms with Crippen molar-refractivity contribution in [2.45, 2.75) is 69.6 Å². The first kappa shape index (κ1) is 23.8. The van der Waals surface area contributed by atoms with Crippen LogP contribution in [0.4, 0.5) is 4.79 Å². The number of hydrogen-bond donors (Lipinski definition) is 1. The number of hydrogen-bond acceptors (Lipinski definition) is 4. The minimum atomic E-state index is -1.02. The summed E-state index contributed by atoms with van der Waals surface area (Å²) in [5, 5.41) is 21.3. The van der Waals surface area contributed by atoms with Crippen LogP contribution in [-0.2, 0) is 10.3 Å². The van der Waals surface area contributed by atoms with Gasteiger partial charge in [-0.25, -0.2) is 4.79 Å². The summed E-state index contributed by atoms with van der Waals surface area (Å²) in [4.78, 5) is 15.5. The average Bonchev–Trinajstić information content (AvgIpc) is 3.20. The van der Waals surface area contributed by atoms with E-state index in [4.69, 9.17) is 4.74 Å². The molecule has 3 aromatic rings. The summed E-state index contributed by atoms with van der Waals surface area (Å²) in [6.45, 7) is 4.24. The highest BCUT2D eigenvalue weighted by atomic mass is 16.6. The first-order valence-corrected chi connectivity index (χ1v) is 13.3. The van der Waals surface area contributed by atoms with Crippen LogP contribution in [0, 0.1) is 25.2 Å². The van der Waals surface area contributed by atoms with Gasteiger partial charge < -0.3 is 14.7 Å². The number of carbonyl (C=O) groups is 1. The van der Waals surface area contributed by atoms with Crippen molar-refractivity contribution in [1.82, 2.24) is 4.90 Å². The molecule has 2 heterocycles. The summed E-state index contributed by atoms with van der Waals surface area (Å²) in [5.74, 6) is 0.0295. The van der Waals surface area contributed by atoms with Gasteiger partial charge in [0.15, 0.2) is 0 Å².